The lowest BCUT2D eigenvalue weighted by molar-refractivity contribution is 0.204. The highest BCUT2D eigenvalue weighted by Gasteiger charge is 2.30. The fraction of sp³-hybridized carbons (Fsp3) is 0.786. The van der Waals surface area contributed by atoms with Crippen LogP contribution in [-0.4, -0.2) is 22.9 Å². The highest BCUT2D eigenvalue weighted by Crippen LogP contribution is 2.34. The number of rotatable bonds is 6. The molecule has 1 atom stereocenters. The molecule has 1 unspecified atom stereocenters. The van der Waals surface area contributed by atoms with Crippen molar-refractivity contribution in [2.45, 2.75) is 41.0 Å². The second-order valence-corrected chi connectivity index (χ2v) is 6.53. The Morgan fingerprint density at radius 2 is 2.06 bits per heavy atom. The normalized spacial score (nSPS) is 15.1. The molecular formula is C14H26BrN3. The molecule has 1 rings (SSSR count). The van der Waals surface area contributed by atoms with Gasteiger partial charge in [0, 0.05) is 13.6 Å². The standard InChI is InChI=1S/C14H26BrN3/c1-7-16-9-14(5,10(2)3)8-12-13(15)11(4)17-18(12)6/h10,16H,7-9H2,1-6H3. The van der Waals surface area contributed by atoms with Crippen LogP contribution in [0, 0.1) is 18.3 Å². The molecule has 1 aromatic heterocycles. The fourth-order valence-electron chi connectivity index (χ4n) is 2.14. The summed E-state index contributed by atoms with van der Waals surface area (Å²) >= 11 is 3.67. The predicted molar refractivity (Wildman–Crippen MR) is 80.8 cm³/mol. The zero-order valence-corrected chi connectivity index (χ0v) is 14.1. The van der Waals surface area contributed by atoms with Crippen LogP contribution in [0.3, 0.4) is 0 Å². The van der Waals surface area contributed by atoms with Crippen molar-refractivity contribution in [3.63, 3.8) is 0 Å². The summed E-state index contributed by atoms with van der Waals surface area (Å²) in [5, 5.41) is 7.97. The van der Waals surface area contributed by atoms with Crippen LogP contribution in [0.1, 0.15) is 39.1 Å². The summed E-state index contributed by atoms with van der Waals surface area (Å²) in [6, 6.07) is 0. The van der Waals surface area contributed by atoms with E-state index in [0.29, 0.717) is 5.92 Å². The average molecular weight is 316 g/mol. The molecule has 0 fully saturated rings. The van der Waals surface area contributed by atoms with Gasteiger partial charge in [-0.25, -0.2) is 0 Å². The van der Waals surface area contributed by atoms with Gasteiger partial charge in [-0.05, 0) is 47.2 Å². The molecule has 0 radical (unpaired) electrons. The molecule has 0 aliphatic carbocycles. The van der Waals surface area contributed by atoms with Crippen molar-refractivity contribution in [1.82, 2.24) is 15.1 Å². The number of aromatic nitrogens is 2. The second kappa shape index (κ2) is 6.20. The van der Waals surface area contributed by atoms with Crippen LogP contribution in [0.5, 0.6) is 0 Å². The molecule has 104 valence electrons. The summed E-state index contributed by atoms with van der Waals surface area (Å²) in [7, 11) is 2.03. The topological polar surface area (TPSA) is 29.9 Å². The van der Waals surface area contributed by atoms with Crippen LogP contribution in [-0.2, 0) is 13.5 Å². The fourth-order valence-corrected chi connectivity index (χ4v) is 2.61. The van der Waals surface area contributed by atoms with E-state index in [1.54, 1.807) is 0 Å². The van der Waals surface area contributed by atoms with Gasteiger partial charge in [0.15, 0.2) is 0 Å². The van der Waals surface area contributed by atoms with Crippen LogP contribution in [0.2, 0.25) is 0 Å². The Morgan fingerprint density at radius 1 is 1.44 bits per heavy atom. The smallest absolute Gasteiger partial charge is 0.0738 e. The van der Waals surface area contributed by atoms with Crippen molar-refractivity contribution in [3.8, 4) is 0 Å². The Bertz CT molecular complexity index is 398. The highest BCUT2D eigenvalue weighted by atomic mass is 79.9. The first-order chi connectivity index (χ1) is 8.31. The summed E-state index contributed by atoms with van der Waals surface area (Å²) in [5.74, 6) is 0.624. The van der Waals surface area contributed by atoms with Gasteiger partial charge in [-0.15, -0.1) is 0 Å². The van der Waals surface area contributed by atoms with Gasteiger partial charge in [0.2, 0.25) is 0 Å². The molecular weight excluding hydrogens is 290 g/mol. The molecule has 0 saturated heterocycles. The van der Waals surface area contributed by atoms with Gasteiger partial charge in [-0.3, -0.25) is 4.68 Å². The molecule has 0 aromatic carbocycles. The third-order valence-electron chi connectivity index (χ3n) is 4.01. The van der Waals surface area contributed by atoms with Crippen LogP contribution in [0.15, 0.2) is 4.47 Å². The maximum Gasteiger partial charge on any atom is 0.0738 e. The van der Waals surface area contributed by atoms with E-state index in [-0.39, 0.29) is 5.41 Å². The third kappa shape index (κ3) is 3.35. The van der Waals surface area contributed by atoms with Crippen LogP contribution in [0.25, 0.3) is 0 Å². The van der Waals surface area contributed by atoms with Gasteiger partial charge in [-0.1, -0.05) is 27.7 Å². The van der Waals surface area contributed by atoms with E-state index in [4.69, 9.17) is 0 Å². The minimum atomic E-state index is 0.249. The predicted octanol–water partition coefficient (Wildman–Crippen LogP) is 3.31. The minimum absolute atomic E-state index is 0.249. The molecule has 0 aliphatic heterocycles. The zero-order chi connectivity index (χ0) is 13.9. The van der Waals surface area contributed by atoms with Crippen LogP contribution >= 0.6 is 15.9 Å². The summed E-state index contributed by atoms with van der Waals surface area (Å²) in [4.78, 5) is 0. The molecule has 3 nitrogen and oxygen atoms in total. The number of halogens is 1. The molecule has 0 aliphatic rings. The van der Waals surface area contributed by atoms with Crippen molar-refractivity contribution in [2.24, 2.45) is 18.4 Å². The molecule has 0 bridgehead atoms. The molecule has 1 heterocycles. The number of nitrogens with zero attached hydrogens (tertiary/aromatic N) is 2. The van der Waals surface area contributed by atoms with Crippen molar-refractivity contribution in [2.75, 3.05) is 13.1 Å². The van der Waals surface area contributed by atoms with E-state index in [9.17, 15) is 0 Å². The van der Waals surface area contributed by atoms with Gasteiger partial charge in [0.25, 0.3) is 0 Å². The number of hydrogen-bond donors (Lipinski definition) is 1. The van der Waals surface area contributed by atoms with Crippen LogP contribution in [0.4, 0.5) is 0 Å². The van der Waals surface area contributed by atoms with Gasteiger partial charge >= 0.3 is 0 Å². The second-order valence-electron chi connectivity index (χ2n) is 5.74. The largest absolute Gasteiger partial charge is 0.316 e. The van der Waals surface area contributed by atoms with Gasteiger partial charge in [0.1, 0.15) is 0 Å². The van der Waals surface area contributed by atoms with E-state index in [0.717, 1.165) is 29.7 Å². The maximum atomic E-state index is 4.48. The first kappa shape index (κ1) is 15.7. The molecule has 0 saturated carbocycles. The first-order valence-corrected chi connectivity index (χ1v) is 7.49. The molecule has 0 spiro atoms. The summed E-state index contributed by atoms with van der Waals surface area (Å²) < 4.78 is 3.17. The van der Waals surface area contributed by atoms with E-state index in [1.807, 2.05) is 18.7 Å². The third-order valence-corrected chi connectivity index (χ3v) is 5.04. The van der Waals surface area contributed by atoms with Crippen molar-refractivity contribution in [1.29, 1.82) is 0 Å². The summed E-state index contributed by atoms with van der Waals surface area (Å²) in [5.41, 5.74) is 2.61. The Kier molecular flexibility index (Phi) is 5.41. The maximum absolute atomic E-state index is 4.48. The Labute approximate surface area is 119 Å². The highest BCUT2D eigenvalue weighted by molar-refractivity contribution is 9.10. The number of hydrogen-bond acceptors (Lipinski definition) is 2. The lowest BCUT2D eigenvalue weighted by Crippen LogP contribution is -2.38. The molecule has 1 N–H and O–H groups in total. The SMILES string of the molecule is CCNCC(C)(Cc1c(Br)c(C)nn1C)C(C)C. The number of nitrogens with one attached hydrogen (secondary N) is 1. The van der Waals surface area contributed by atoms with E-state index < -0.39 is 0 Å². The van der Waals surface area contributed by atoms with Gasteiger partial charge in [-0.2, -0.15) is 5.10 Å². The van der Waals surface area contributed by atoms with E-state index >= 15 is 0 Å². The Balaban J connectivity index is 2.96. The van der Waals surface area contributed by atoms with Gasteiger partial charge in [0.05, 0.1) is 15.9 Å². The molecule has 4 heteroatoms. The molecule has 0 amide bonds. The van der Waals surface area contributed by atoms with Gasteiger partial charge < -0.3 is 5.32 Å². The minimum Gasteiger partial charge on any atom is -0.316 e. The van der Waals surface area contributed by atoms with Crippen molar-refractivity contribution >= 4 is 15.9 Å². The lowest BCUT2D eigenvalue weighted by atomic mass is 9.75. The lowest BCUT2D eigenvalue weighted by Gasteiger charge is -2.34. The molecule has 18 heavy (non-hydrogen) atoms. The Morgan fingerprint density at radius 3 is 2.44 bits per heavy atom. The summed E-state index contributed by atoms with van der Waals surface area (Å²) in [6.07, 6.45) is 1.04. The molecule has 1 aromatic rings. The van der Waals surface area contributed by atoms with E-state index in [1.165, 1.54) is 5.69 Å². The zero-order valence-electron chi connectivity index (χ0n) is 12.5. The Hall–Kier alpha value is -0.350. The summed E-state index contributed by atoms with van der Waals surface area (Å²) in [6.45, 7) is 13.2. The van der Waals surface area contributed by atoms with Crippen molar-refractivity contribution < 1.29 is 0 Å². The van der Waals surface area contributed by atoms with Crippen molar-refractivity contribution in [3.05, 3.63) is 15.9 Å². The van der Waals surface area contributed by atoms with E-state index in [2.05, 4.69) is 54.0 Å². The monoisotopic (exact) mass is 315 g/mol. The number of aryl methyl sites for hydroxylation is 2. The average Bonchev–Trinajstić information content (AvgIpc) is 2.53. The van der Waals surface area contributed by atoms with Crippen LogP contribution < -0.4 is 5.32 Å². The first-order valence-electron chi connectivity index (χ1n) is 6.70. The quantitative estimate of drug-likeness (QED) is 0.873.